The SMILES string of the molecule is COCC1(CNCCC2CC2)CCNCC1. The maximum Gasteiger partial charge on any atom is 0.0531 e. The summed E-state index contributed by atoms with van der Waals surface area (Å²) in [4.78, 5) is 0. The van der Waals surface area contributed by atoms with Gasteiger partial charge in [-0.2, -0.15) is 0 Å². The molecule has 2 aliphatic rings. The van der Waals surface area contributed by atoms with Crippen molar-refractivity contribution < 1.29 is 4.74 Å². The molecule has 0 bridgehead atoms. The van der Waals surface area contributed by atoms with E-state index in [4.69, 9.17) is 4.74 Å². The molecule has 0 radical (unpaired) electrons. The summed E-state index contributed by atoms with van der Waals surface area (Å²) < 4.78 is 5.41. The average Bonchev–Trinajstić information content (AvgIpc) is 3.10. The first-order valence-corrected chi connectivity index (χ1v) is 6.75. The molecule has 94 valence electrons. The molecule has 0 aromatic heterocycles. The van der Waals surface area contributed by atoms with Crippen LogP contribution in [0.25, 0.3) is 0 Å². The zero-order chi connectivity index (χ0) is 11.3. The van der Waals surface area contributed by atoms with Crippen LogP contribution in [-0.4, -0.2) is 39.9 Å². The van der Waals surface area contributed by atoms with Gasteiger partial charge in [0.05, 0.1) is 6.61 Å². The van der Waals surface area contributed by atoms with Gasteiger partial charge in [-0.25, -0.2) is 0 Å². The molecule has 1 heterocycles. The summed E-state index contributed by atoms with van der Waals surface area (Å²) in [5.74, 6) is 1.04. The second-order valence-corrected chi connectivity index (χ2v) is 5.59. The van der Waals surface area contributed by atoms with E-state index >= 15 is 0 Å². The first kappa shape index (κ1) is 12.3. The molecule has 1 saturated heterocycles. The number of ether oxygens (including phenoxy) is 1. The predicted molar refractivity (Wildman–Crippen MR) is 66.6 cm³/mol. The quantitative estimate of drug-likeness (QED) is 0.644. The lowest BCUT2D eigenvalue weighted by Gasteiger charge is -2.37. The fourth-order valence-corrected chi connectivity index (χ4v) is 2.70. The Hall–Kier alpha value is -0.120. The fourth-order valence-electron chi connectivity index (χ4n) is 2.70. The maximum absolute atomic E-state index is 5.41. The summed E-state index contributed by atoms with van der Waals surface area (Å²) >= 11 is 0. The van der Waals surface area contributed by atoms with Crippen molar-refractivity contribution in [3.63, 3.8) is 0 Å². The number of hydrogen-bond donors (Lipinski definition) is 2. The minimum Gasteiger partial charge on any atom is -0.384 e. The van der Waals surface area contributed by atoms with Gasteiger partial charge in [-0.15, -0.1) is 0 Å². The van der Waals surface area contributed by atoms with E-state index < -0.39 is 0 Å². The molecule has 0 unspecified atom stereocenters. The van der Waals surface area contributed by atoms with Crippen LogP contribution in [0.15, 0.2) is 0 Å². The van der Waals surface area contributed by atoms with Crippen molar-refractivity contribution in [2.75, 3.05) is 39.9 Å². The number of piperidine rings is 1. The molecule has 0 amide bonds. The van der Waals surface area contributed by atoms with Crippen molar-refractivity contribution in [1.82, 2.24) is 10.6 Å². The molecule has 1 aliphatic carbocycles. The lowest BCUT2D eigenvalue weighted by Crippen LogP contribution is -2.46. The van der Waals surface area contributed by atoms with Crippen molar-refractivity contribution >= 4 is 0 Å². The highest BCUT2D eigenvalue weighted by molar-refractivity contribution is 4.86. The second-order valence-electron chi connectivity index (χ2n) is 5.59. The molecular formula is C13H26N2O. The topological polar surface area (TPSA) is 33.3 Å². The Balaban J connectivity index is 1.67. The molecule has 3 nitrogen and oxygen atoms in total. The van der Waals surface area contributed by atoms with Crippen LogP contribution in [-0.2, 0) is 4.74 Å². The molecule has 16 heavy (non-hydrogen) atoms. The van der Waals surface area contributed by atoms with Crippen molar-refractivity contribution in [3.8, 4) is 0 Å². The average molecular weight is 226 g/mol. The third kappa shape index (κ3) is 3.72. The number of nitrogens with one attached hydrogen (secondary N) is 2. The Labute approximate surface area is 99.3 Å². The van der Waals surface area contributed by atoms with E-state index in [0.717, 1.165) is 32.2 Å². The molecule has 1 saturated carbocycles. The van der Waals surface area contributed by atoms with E-state index in [1.807, 2.05) is 7.11 Å². The standard InChI is InChI=1S/C13H26N2O/c1-16-11-13(5-8-14-9-6-13)10-15-7-4-12-2-3-12/h12,14-15H,2-11H2,1H3. The van der Waals surface area contributed by atoms with E-state index in [0.29, 0.717) is 5.41 Å². The zero-order valence-electron chi connectivity index (χ0n) is 10.6. The van der Waals surface area contributed by atoms with Gasteiger partial charge in [0.2, 0.25) is 0 Å². The van der Waals surface area contributed by atoms with Gasteiger partial charge in [0.25, 0.3) is 0 Å². The minimum absolute atomic E-state index is 0.392. The molecule has 2 N–H and O–H groups in total. The highest BCUT2D eigenvalue weighted by atomic mass is 16.5. The number of methoxy groups -OCH3 is 1. The zero-order valence-corrected chi connectivity index (χ0v) is 10.6. The predicted octanol–water partition coefficient (Wildman–Crippen LogP) is 1.39. The van der Waals surface area contributed by atoms with E-state index in [-0.39, 0.29) is 0 Å². The van der Waals surface area contributed by atoms with Gasteiger partial charge in [0, 0.05) is 19.1 Å². The minimum atomic E-state index is 0.392. The lowest BCUT2D eigenvalue weighted by atomic mass is 9.79. The third-order valence-electron chi connectivity index (χ3n) is 4.04. The lowest BCUT2D eigenvalue weighted by molar-refractivity contribution is 0.0537. The summed E-state index contributed by atoms with van der Waals surface area (Å²) in [7, 11) is 1.83. The van der Waals surface area contributed by atoms with Gasteiger partial charge in [0.15, 0.2) is 0 Å². The highest BCUT2D eigenvalue weighted by Crippen LogP contribution is 2.32. The molecule has 3 heteroatoms. The summed E-state index contributed by atoms with van der Waals surface area (Å²) in [6.45, 7) is 5.53. The second kappa shape index (κ2) is 5.99. The Morgan fingerprint density at radius 1 is 1.31 bits per heavy atom. The van der Waals surface area contributed by atoms with Gasteiger partial charge in [-0.3, -0.25) is 0 Å². The summed E-state index contributed by atoms with van der Waals surface area (Å²) in [6, 6.07) is 0. The van der Waals surface area contributed by atoms with Gasteiger partial charge in [-0.05, 0) is 44.8 Å². The number of rotatable bonds is 7. The van der Waals surface area contributed by atoms with Crippen molar-refractivity contribution in [1.29, 1.82) is 0 Å². The normalized spacial score (nSPS) is 24.6. The smallest absolute Gasteiger partial charge is 0.0531 e. The van der Waals surface area contributed by atoms with E-state index in [1.165, 1.54) is 38.6 Å². The molecule has 1 aliphatic heterocycles. The van der Waals surface area contributed by atoms with Gasteiger partial charge >= 0.3 is 0 Å². The van der Waals surface area contributed by atoms with E-state index in [9.17, 15) is 0 Å². The summed E-state index contributed by atoms with van der Waals surface area (Å²) in [5.41, 5.74) is 0.392. The van der Waals surface area contributed by atoms with Crippen LogP contribution < -0.4 is 10.6 Å². The Morgan fingerprint density at radius 2 is 2.06 bits per heavy atom. The monoisotopic (exact) mass is 226 g/mol. The highest BCUT2D eigenvalue weighted by Gasteiger charge is 2.31. The van der Waals surface area contributed by atoms with Crippen LogP contribution in [0.2, 0.25) is 0 Å². The van der Waals surface area contributed by atoms with Gasteiger partial charge in [-0.1, -0.05) is 12.8 Å². The molecule has 0 atom stereocenters. The molecular weight excluding hydrogens is 200 g/mol. The van der Waals surface area contributed by atoms with Crippen LogP contribution in [0, 0.1) is 11.3 Å². The first-order chi connectivity index (χ1) is 7.85. The fraction of sp³-hybridized carbons (Fsp3) is 1.00. The van der Waals surface area contributed by atoms with Gasteiger partial charge in [0.1, 0.15) is 0 Å². The largest absolute Gasteiger partial charge is 0.384 e. The van der Waals surface area contributed by atoms with Gasteiger partial charge < -0.3 is 15.4 Å². The van der Waals surface area contributed by atoms with E-state index in [2.05, 4.69) is 10.6 Å². The van der Waals surface area contributed by atoms with Crippen LogP contribution in [0.4, 0.5) is 0 Å². The van der Waals surface area contributed by atoms with Crippen LogP contribution in [0.5, 0.6) is 0 Å². The first-order valence-electron chi connectivity index (χ1n) is 6.75. The molecule has 2 fully saturated rings. The maximum atomic E-state index is 5.41. The number of hydrogen-bond acceptors (Lipinski definition) is 3. The van der Waals surface area contributed by atoms with Crippen LogP contribution in [0.1, 0.15) is 32.1 Å². The summed E-state index contributed by atoms with van der Waals surface area (Å²) in [6.07, 6.45) is 6.81. The van der Waals surface area contributed by atoms with Crippen LogP contribution >= 0.6 is 0 Å². The van der Waals surface area contributed by atoms with Crippen LogP contribution in [0.3, 0.4) is 0 Å². The summed E-state index contributed by atoms with van der Waals surface area (Å²) in [5, 5.41) is 7.08. The van der Waals surface area contributed by atoms with Crippen molar-refractivity contribution in [2.45, 2.75) is 32.1 Å². The molecule has 0 aromatic rings. The van der Waals surface area contributed by atoms with E-state index in [1.54, 1.807) is 0 Å². The van der Waals surface area contributed by atoms with Crippen molar-refractivity contribution in [2.24, 2.45) is 11.3 Å². The van der Waals surface area contributed by atoms with Crippen molar-refractivity contribution in [3.05, 3.63) is 0 Å². The molecule has 0 aromatic carbocycles. The molecule has 2 rings (SSSR count). The molecule has 0 spiro atoms. The Bertz CT molecular complexity index is 193. The third-order valence-corrected chi connectivity index (χ3v) is 4.04. The Kier molecular flexibility index (Phi) is 4.62. The Morgan fingerprint density at radius 3 is 2.69 bits per heavy atom.